The molecule has 6 heteroatoms. The molecule has 1 aliphatic heterocycles. The topological polar surface area (TPSA) is 54.0 Å². The van der Waals surface area contributed by atoms with E-state index in [1.807, 2.05) is 54.6 Å². The predicted molar refractivity (Wildman–Crippen MR) is 150 cm³/mol. The second-order valence-corrected chi connectivity index (χ2v) is 10.2. The van der Waals surface area contributed by atoms with Crippen LogP contribution in [0.4, 0.5) is 0 Å². The quantitative estimate of drug-likeness (QED) is 0.172. The second-order valence-electron chi connectivity index (χ2n) is 9.80. The highest BCUT2D eigenvalue weighted by atomic mass is 35.5. The van der Waals surface area contributed by atoms with Crippen molar-refractivity contribution in [2.75, 3.05) is 13.2 Å². The summed E-state index contributed by atoms with van der Waals surface area (Å²) in [5.41, 5.74) is 4.26. The van der Waals surface area contributed by atoms with Crippen LogP contribution in [0.1, 0.15) is 61.5 Å². The van der Waals surface area contributed by atoms with E-state index in [-0.39, 0.29) is 18.3 Å². The van der Waals surface area contributed by atoms with Crippen LogP contribution in [0, 0.1) is 0 Å². The maximum absolute atomic E-state index is 11.7. The highest BCUT2D eigenvalue weighted by molar-refractivity contribution is 6.31. The monoisotopic (exact) mass is 536 g/mol. The molecule has 1 saturated heterocycles. The molecule has 0 spiro atoms. The van der Waals surface area contributed by atoms with Crippen LogP contribution in [0.15, 0.2) is 72.8 Å². The molecule has 1 unspecified atom stereocenters. The van der Waals surface area contributed by atoms with Crippen LogP contribution in [-0.4, -0.2) is 37.8 Å². The molecule has 0 aliphatic carbocycles. The maximum atomic E-state index is 11.7. The molecule has 0 N–H and O–H groups in total. The SMILES string of the molecule is CCC(C)OCCOc1ccc(Cc2cc([C@H]3C[C@@H](OCc4ccccc4)C[C@@H](C=O)O3)ccc2Cl)cc1. The predicted octanol–water partition coefficient (Wildman–Crippen LogP) is 7.13. The molecule has 0 amide bonds. The van der Waals surface area contributed by atoms with Crippen LogP contribution in [0.2, 0.25) is 5.02 Å². The average Bonchev–Trinajstić information content (AvgIpc) is 2.96. The van der Waals surface area contributed by atoms with Crippen LogP contribution in [0.25, 0.3) is 0 Å². The van der Waals surface area contributed by atoms with Gasteiger partial charge in [0.15, 0.2) is 0 Å². The lowest BCUT2D eigenvalue weighted by atomic mass is 9.94. The number of hydrogen-bond acceptors (Lipinski definition) is 5. The van der Waals surface area contributed by atoms with Gasteiger partial charge in [-0.2, -0.15) is 0 Å². The lowest BCUT2D eigenvalue weighted by molar-refractivity contribution is -0.142. The molecule has 3 aromatic rings. The minimum atomic E-state index is -0.489. The maximum Gasteiger partial charge on any atom is 0.148 e. The number of aldehydes is 1. The zero-order valence-corrected chi connectivity index (χ0v) is 22.9. The third-order valence-electron chi connectivity index (χ3n) is 6.88. The normalized spacial score (nSPS) is 20.1. The Bertz CT molecular complexity index is 1130. The summed E-state index contributed by atoms with van der Waals surface area (Å²) in [6.07, 6.45) is 3.26. The molecular formula is C32H37ClO5. The summed E-state index contributed by atoms with van der Waals surface area (Å²) >= 11 is 6.58. The number of carbonyl (C=O) groups excluding carboxylic acids is 1. The van der Waals surface area contributed by atoms with Gasteiger partial charge < -0.3 is 23.7 Å². The summed E-state index contributed by atoms with van der Waals surface area (Å²) in [5, 5.41) is 0.705. The molecule has 1 fully saturated rings. The van der Waals surface area contributed by atoms with Gasteiger partial charge in [-0.3, -0.25) is 0 Å². The molecule has 38 heavy (non-hydrogen) atoms. The number of halogens is 1. The van der Waals surface area contributed by atoms with Crippen LogP contribution in [0.3, 0.4) is 0 Å². The Labute approximate surface area is 231 Å². The largest absolute Gasteiger partial charge is 0.491 e. The number of benzene rings is 3. The van der Waals surface area contributed by atoms with Gasteiger partial charge >= 0.3 is 0 Å². The van der Waals surface area contributed by atoms with Crippen molar-refractivity contribution in [2.24, 2.45) is 0 Å². The summed E-state index contributed by atoms with van der Waals surface area (Å²) in [6.45, 7) is 5.78. The van der Waals surface area contributed by atoms with E-state index < -0.39 is 6.10 Å². The van der Waals surface area contributed by atoms with Gasteiger partial charge in [0.05, 0.1) is 31.5 Å². The summed E-state index contributed by atoms with van der Waals surface area (Å²) in [7, 11) is 0. The summed E-state index contributed by atoms with van der Waals surface area (Å²) in [5.74, 6) is 0.818. The van der Waals surface area contributed by atoms with Crippen molar-refractivity contribution in [3.63, 3.8) is 0 Å². The first-order chi connectivity index (χ1) is 18.5. The lowest BCUT2D eigenvalue weighted by Crippen LogP contribution is -2.34. The van der Waals surface area contributed by atoms with E-state index in [4.69, 9.17) is 30.5 Å². The van der Waals surface area contributed by atoms with Crippen LogP contribution in [-0.2, 0) is 32.0 Å². The molecule has 0 bridgehead atoms. The highest BCUT2D eigenvalue weighted by Crippen LogP contribution is 2.35. The zero-order chi connectivity index (χ0) is 26.7. The van der Waals surface area contributed by atoms with Crippen molar-refractivity contribution >= 4 is 17.9 Å². The molecule has 5 nitrogen and oxygen atoms in total. The van der Waals surface area contributed by atoms with Crippen LogP contribution < -0.4 is 4.74 Å². The van der Waals surface area contributed by atoms with Crippen molar-refractivity contribution in [3.8, 4) is 5.75 Å². The third kappa shape index (κ3) is 8.40. The minimum absolute atomic E-state index is 0.0635. The standard InChI is InChI=1S/C32H37ClO5/c1-3-23(2)35-15-16-36-28-12-9-24(10-13-28)17-27-18-26(11-14-31(27)33)32-20-29(19-30(21-34)38-32)37-22-25-7-5-4-6-8-25/h4-14,18,21,23,29-30,32H,3,15-17,19-20,22H2,1-2H3/t23?,29-,30-,32+/m0/s1. The van der Waals surface area contributed by atoms with Crippen LogP contribution in [0.5, 0.6) is 5.75 Å². The van der Waals surface area contributed by atoms with Gasteiger partial charge in [-0.25, -0.2) is 0 Å². The molecule has 0 saturated carbocycles. The van der Waals surface area contributed by atoms with Crippen molar-refractivity contribution in [1.82, 2.24) is 0 Å². The zero-order valence-electron chi connectivity index (χ0n) is 22.2. The van der Waals surface area contributed by atoms with Crippen molar-refractivity contribution in [1.29, 1.82) is 0 Å². The van der Waals surface area contributed by atoms with Gasteiger partial charge in [0.2, 0.25) is 0 Å². The second kappa shape index (κ2) is 14.5. The number of hydrogen-bond donors (Lipinski definition) is 0. The number of carbonyl (C=O) groups is 1. The first kappa shape index (κ1) is 28.3. The lowest BCUT2D eigenvalue weighted by Gasteiger charge is -2.33. The number of rotatable bonds is 13. The van der Waals surface area contributed by atoms with Gasteiger partial charge in [-0.15, -0.1) is 0 Å². The van der Waals surface area contributed by atoms with Gasteiger partial charge in [0.1, 0.15) is 24.7 Å². The van der Waals surface area contributed by atoms with E-state index in [2.05, 4.69) is 32.0 Å². The van der Waals surface area contributed by atoms with Gasteiger partial charge in [0.25, 0.3) is 0 Å². The summed E-state index contributed by atoms with van der Waals surface area (Å²) in [6, 6.07) is 24.1. The van der Waals surface area contributed by atoms with E-state index >= 15 is 0 Å². The Hall–Kier alpha value is -2.70. The first-order valence-electron chi connectivity index (χ1n) is 13.4. The fraction of sp³-hybridized carbons (Fsp3) is 0.406. The average molecular weight is 537 g/mol. The Morgan fingerprint density at radius 3 is 2.53 bits per heavy atom. The minimum Gasteiger partial charge on any atom is -0.491 e. The van der Waals surface area contributed by atoms with Gasteiger partial charge in [-0.1, -0.05) is 73.1 Å². The van der Waals surface area contributed by atoms with E-state index in [9.17, 15) is 4.79 Å². The van der Waals surface area contributed by atoms with E-state index in [0.29, 0.717) is 44.1 Å². The summed E-state index contributed by atoms with van der Waals surface area (Å²) < 4.78 is 23.8. The molecule has 4 rings (SSSR count). The van der Waals surface area contributed by atoms with Crippen molar-refractivity contribution in [3.05, 3.63) is 100 Å². The molecule has 4 atom stereocenters. The third-order valence-corrected chi connectivity index (χ3v) is 7.25. The van der Waals surface area contributed by atoms with Gasteiger partial charge in [0, 0.05) is 17.9 Å². The van der Waals surface area contributed by atoms with E-state index in [1.54, 1.807) is 0 Å². The molecule has 0 aromatic heterocycles. The molecule has 202 valence electrons. The van der Waals surface area contributed by atoms with Crippen LogP contribution >= 0.6 is 11.6 Å². The fourth-order valence-corrected chi connectivity index (χ4v) is 4.71. The number of ether oxygens (including phenoxy) is 4. The Morgan fingerprint density at radius 2 is 1.79 bits per heavy atom. The first-order valence-corrected chi connectivity index (χ1v) is 13.8. The Kier molecular flexibility index (Phi) is 10.8. The smallest absolute Gasteiger partial charge is 0.148 e. The molecule has 1 heterocycles. The Balaban J connectivity index is 1.37. The molecule has 0 radical (unpaired) electrons. The van der Waals surface area contributed by atoms with Crippen molar-refractivity contribution < 1.29 is 23.7 Å². The van der Waals surface area contributed by atoms with Gasteiger partial charge in [-0.05, 0) is 60.2 Å². The van der Waals surface area contributed by atoms with E-state index in [0.717, 1.165) is 40.7 Å². The molecule has 1 aliphatic rings. The summed E-state index contributed by atoms with van der Waals surface area (Å²) in [4.78, 5) is 11.7. The molecule has 3 aromatic carbocycles. The van der Waals surface area contributed by atoms with Crippen molar-refractivity contribution in [2.45, 2.75) is 70.6 Å². The molecular weight excluding hydrogens is 500 g/mol. The van der Waals surface area contributed by atoms with E-state index in [1.165, 1.54) is 0 Å². The highest BCUT2D eigenvalue weighted by Gasteiger charge is 2.31. The fourth-order valence-electron chi connectivity index (χ4n) is 4.52. The Morgan fingerprint density at radius 1 is 1.00 bits per heavy atom.